The fourth-order valence-electron chi connectivity index (χ4n) is 2.71. The molecule has 0 saturated carbocycles. The maximum absolute atomic E-state index is 12.7. The number of fused-ring (bicyclic) bond motifs is 1. The molecule has 130 valence electrons. The lowest BCUT2D eigenvalue weighted by atomic mass is 10.1. The van der Waals surface area contributed by atoms with Gasteiger partial charge in [0.05, 0.1) is 21.6 Å². The molecule has 27 heavy (non-hydrogen) atoms. The molecule has 0 atom stereocenters. The Hall–Kier alpha value is -3.62. The van der Waals surface area contributed by atoms with Crippen LogP contribution in [-0.2, 0) is 0 Å². The monoisotopic (exact) mass is 373 g/mol. The minimum Gasteiger partial charge on any atom is -0.306 e. The minimum absolute atomic E-state index is 0.255. The molecular formula is C21H12ClN3O2. The highest BCUT2D eigenvalue weighted by Crippen LogP contribution is 2.20. The van der Waals surface area contributed by atoms with E-state index in [4.69, 9.17) is 11.6 Å². The third kappa shape index (κ3) is 3.26. The largest absolute Gasteiger partial charge is 0.333 e. The lowest BCUT2D eigenvalue weighted by Gasteiger charge is -2.08. The summed E-state index contributed by atoms with van der Waals surface area (Å²) >= 11 is 6.34. The van der Waals surface area contributed by atoms with Crippen LogP contribution in [0.15, 0.2) is 76.6 Å². The molecule has 0 amide bonds. The second kappa shape index (κ2) is 6.94. The first-order valence-corrected chi connectivity index (χ1v) is 8.47. The molecule has 0 unspecified atom stereocenters. The molecule has 5 nitrogen and oxygen atoms in total. The Labute approximate surface area is 158 Å². The maximum Gasteiger partial charge on any atom is 0.333 e. The van der Waals surface area contributed by atoms with Gasteiger partial charge in [-0.2, -0.15) is 0 Å². The Kier molecular flexibility index (Phi) is 4.33. The Morgan fingerprint density at radius 1 is 0.963 bits per heavy atom. The number of hydrogen-bond donors (Lipinski definition) is 1. The average molecular weight is 374 g/mol. The topological polar surface area (TPSA) is 67.8 Å². The van der Waals surface area contributed by atoms with Crippen LogP contribution in [0.5, 0.6) is 0 Å². The molecule has 0 aliphatic heterocycles. The highest BCUT2D eigenvalue weighted by Gasteiger charge is 2.12. The predicted octanol–water partition coefficient (Wildman–Crippen LogP) is 3.13. The van der Waals surface area contributed by atoms with Crippen molar-refractivity contribution in [2.24, 2.45) is 0 Å². The van der Waals surface area contributed by atoms with Gasteiger partial charge in [-0.25, -0.2) is 9.36 Å². The van der Waals surface area contributed by atoms with E-state index in [1.165, 1.54) is 12.4 Å². The van der Waals surface area contributed by atoms with Crippen LogP contribution >= 0.6 is 11.6 Å². The van der Waals surface area contributed by atoms with Crippen LogP contribution in [0.25, 0.3) is 16.6 Å². The summed E-state index contributed by atoms with van der Waals surface area (Å²) in [5.41, 5.74) is 1.24. The summed E-state index contributed by atoms with van der Waals surface area (Å²) in [5, 5.41) is 0.562. The van der Waals surface area contributed by atoms with Gasteiger partial charge in [0.15, 0.2) is 0 Å². The molecule has 0 radical (unpaired) electrons. The van der Waals surface area contributed by atoms with Crippen molar-refractivity contribution in [2.45, 2.75) is 0 Å². The number of benzene rings is 2. The Morgan fingerprint density at radius 3 is 2.52 bits per heavy atom. The molecule has 0 bridgehead atoms. The second-order valence-electron chi connectivity index (χ2n) is 5.77. The minimum atomic E-state index is -0.566. The maximum atomic E-state index is 12.7. The van der Waals surface area contributed by atoms with E-state index >= 15 is 0 Å². The van der Waals surface area contributed by atoms with E-state index in [0.717, 1.165) is 10.1 Å². The van der Waals surface area contributed by atoms with Gasteiger partial charge in [0.25, 0.3) is 5.56 Å². The van der Waals surface area contributed by atoms with Gasteiger partial charge in [0.1, 0.15) is 0 Å². The molecule has 0 fully saturated rings. The first-order chi connectivity index (χ1) is 13.1. The molecule has 2 heterocycles. The smallest absolute Gasteiger partial charge is 0.306 e. The zero-order valence-corrected chi connectivity index (χ0v) is 14.7. The van der Waals surface area contributed by atoms with Crippen LogP contribution in [0.4, 0.5) is 0 Å². The summed E-state index contributed by atoms with van der Waals surface area (Å²) in [5.74, 6) is 6.06. The van der Waals surface area contributed by atoms with Crippen LogP contribution in [0.1, 0.15) is 11.1 Å². The normalized spacial score (nSPS) is 10.4. The molecule has 4 aromatic rings. The summed E-state index contributed by atoms with van der Waals surface area (Å²) in [7, 11) is 0. The predicted molar refractivity (Wildman–Crippen MR) is 105 cm³/mol. The van der Waals surface area contributed by atoms with Crippen molar-refractivity contribution in [3.63, 3.8) is 0 Å². The van der Waals surface area contributed by atoms with Crippen LogP contribution in [0.2, 0.25) is 5.02 Å². The van der Waals surface area contributed by atoms with Gasteiger partial charge in [-0.3, -0.25) is 9.78 Å². The van der Waals surface area contributed by atoms with E-state index in [-0.39, 0.29) is 5.02 Å². The summed E-state index contributed by atoms with van der Waals surface area (Å²) in [4.78, 5) is 31.7. The lowest BCUT2D eigenvalue weighted by Crippen LogP contribution is -2.33. The number of nitrogens with one attached hydrogen (secondary N) is 1. The Balaban J connectivity index is 1.81. The van der Waals surface area contributed by atoms with Gasteiger partial charge < -0.3 is 4.98 Å². The number of aromatic amines is 1. The van der Waals surface area contributed by atoms with E-state index in [9.17, 15) is 9.59 Å². The SMILES string of the molecule is O=c1[nH]c2ccncc2c(=O)n1-c1ccc(C#Cc2ccccc2)cc1Cl. The third-order valence-electron chi connectivity index (χ3n) is 4.01. The van der Waals surface area contributed by atoms with Gasteiger partial charge in [0, 0.05) is 23.5 Å². The van der Waals surface area contributed by atoms with Crippen molar-refractivity contribution in [1.29, 1.82) is 0 Å². The van der Waals surface area contributed by atoms with Crippen LogP contribution in [-0.4, -0.2) is 14.5 Å². The number of pyridine rings is 1. The molecule has 2 aromatic carbocycles. The molecular weight excluding hydrogens is 362 g/mol. The lowest BCUT2D eigenvalue weighted by molar-refractivity contribution is 0.900. The Bertz CT molecular complexity index is 1330. The number of aromatic nitrogens is 3. The molecule has 2 aromatic heterocycles. The third-order valence-corrected chi connectivity index (χ3v) is 4.32. The van der Waals surface area contributed by atoms with Gasteiger partial charge in [0.2, 0.25) is 0 Å². The van der Waals surface area contributed by atoms with E-state index in [1.807, 2.05) is 30.3 Å². The van der Waals surface area contributed by atoms with Crippen molar-refractivity contribution in [3.8, 4) is 17.5 Å². The highest BCUT2D eigenvalue weighted by atomic mass is 35.5. The quantitative estimate of drug-likeness (QED) is 0.521. The molecule has 0 aliphatic carbocycles. The summed E-state index contributed by atoms with van der Waals surface area (Å²) in [6.07, 6.45) is 2.92. The first-order valence-electron chi connectivity index (χ1n) is 8.09. The zero-order chi connectivity index (χ0) is 18.8. The Morgan fingerprint density at radius 2 is 1.74 bits per heavy atom. The molecule has 0 aliphatic rings. The molecule has 0 spiro atoms. The van der Waals surface area contributed by atoms with E-state index < -0.39 is 11.2 Å². The molecule has 4 rings (SSSR count). The standard InChI is InChI=1S/C21H12ClN3O2/c22-17-12-15(7-6-14-4-2-1-3-5-14)8-9-19(17)25-20(26)16-13-23-11-10-18(16)24-21(25)27/h1-5,8-13H,(H,24,27). The van der Waals surface area contributed by atoms with E-state index in [0.29, 0.717) is 22.2 Å². The number of nitrogens with zero attached hydrogens (tertiary/aromatic N) is 2. The van der Waals surface area contributed by atoms with Crippen molar-refractivity contribution in [3.05, 3.63) is 104 Å². The molecule has 0 saturated heterocycles. The van der Waals surface area contributed by atoms with Gasteiger partial charge in [-0.15, -0.1) is 0 Å². The van der Waals surface area contributed by atoms with Crippen LogP contribution in [0, 0.1) is 11.8 Å². The fraction of sp³-hybridized carbons (Fsp3) is 0. The molecule has 6 heteroatoms. The van der Waals surface area contributed by atoms with E-state index in [2.05, 4.69) is 21.8 Å². The van der Waals surface area contributed by atoms with E-state index in [1.54, 1.807) is 24.3 Å². The summed E-state index contributed by atoms with van der Waals surface area (Å²) < 4.78 is 1.00. The van der Waals surface area contributed by atoms with Crippen molar-refractivity contribution in [1.82, 2.24) is 14.5 Å². The van der Waals surface area contributed by atoms with Crippen molar-refractivity contribution >= 4 is 22.5 Å². The van der Waals surface area contributed by atoms with Crippen molar-refractivity contribution < 1.29 is 0 Å². The first kappa shape index (κ1) is 16.8. The van der Waals surface area contributed by atoms with Gasteiger partial charge in [-0.1, -0.05) is 41.6 Å². The van der Waals surface area contributed by atoms with Crippen LogP contribution in [0.3, 0.4) is 0 Å². The fourth-order valence-corrected chi connectivity index (χ4v) is 2.97. The number of hydrogen-bond acceptors (Lipinski definition) is 3. The summed E-state index contributed by atoms with van der Waals surface area (Å²) in [6.45, 7) is 0. The van der Waals surface area contributed by atoms with Crippen LogP contribution < -0.4 is 11.2 Å². The zero-order valence-electron chi connectivity index (χ0n) is 13.9. The number of rotatable bonds is 1. The van der Waals surface area contributed by atoms with Gasteiger partial charge >= 0.3 is 5.69 Å². The molecule has 1 N–H and O–H groups in total. The number of H-pyrrole nitrogens is 1. The van der Waals surface area contributed by atoms with Gasteiger partial charge in [-0.05, 0) is 36.4 Å². The van der Waals surface area contributed by atoms with Crippen molar-refractivity contribution in [2.75, 3.05) is 0 Å². The average Bonchev–Trinajstić information content (AvgIpc) is 2.68. The summed E-state index contributed by atoms with van der Waals surface area (Å²) in [6, 6.07) is 16.1. The number of halogens is 1. The second-order valence-corrected chi connectivity index (χ2v) is 6.18. The highest BCUT2D eigenvalue weighted by molar-refractivity contribution is 6.32.